The molecule has 0 unspecified atom stereocenters. The first kappa shape index (κ1) is 22.7. The van der Waals surface area contributed by atoms with E-state index in [4.69, 9.17) is 42.8 Å². The summed E-state index contributed by atoms with van der Waals surface area (Å²) in [5.74, 6) is 1.15. The van der Waals surface area contributed by atoms with Gasteiger partial charge >= 0.3 is 0 Å². The normalized spacial score (nSPS) is 10.2. The molecule has 0 aliphatic heterocycles. The van der Waals surface area contributed by atoms with Gasteiger partial charge in [-0.1, -0.05) is 23.7 Å². The molecule has 0 bridgehead atoms. The molecule has 1 amide bonds. The van der Waals surface area contributed by atoms with Gasteiger partial charge in [-0.2, -0.15) is 0 Å². The van der Waals surface area contributed by atoms with Crippen molar-refractivity contribution in [2.75, 3.05) is 34.5 Å². The minimum atomic E-state index is -0.381. The van der Waals surface area contributed by atoms with Crippen LogP contribution in [-0.2, 0) is 11.3 Å². The van der Waals surface area contributed by atoms with E-state index in [0.29, 0.717) is 47.6 Å². The lowest BCUT2D eigenvalue weighted by molar-refractivity contribution is 0.0968. The van der Waals surface area contributed by atoms with E-state index < -0.39 is 0 Å². The third-order valence-corrected chi connectivity index (χ3v) is 4.49. The smallest absolute Gasteiger partial charge is 0.261 e. The Morgan fingerprint density at radius 3 is 2.41 bits per heavy atom. The Balaban J connectivity index is 1.99. The molecule has 2 aromatic carbocycles. The highest BCUT2D eigenvalue weighted by Crippen LogP contribution is 2.32. The van der Waals surface area contributed by atoms with Crippen LogP contribution in [0.5, 0.6) is 17.2 Å². The summed E-state index contributed by atoms with van der Waals surface area (Å²) in [4.78, 5) is 12.6. The number of carbonyl (C=O) groups excluding carboxylic acids is 1. The monoisotopic (exact) mass is 438 g/mol. The van der Waals surface area contributed by atoms with Gasteiger partial charge in [0.05, 0.1) is 26.4 Å². The van der Waals surface area contributed by atoms with Crippen LogP contribution in [0, 0.1) is 0 Å². The number of thiocarbonyl (C=S) groups is 1. The number of methoxy groups -OCH3 is 3. The minimum Gasteiger partial charge on any atom is -0.493 e. The van der Waals surface area contributed by atoms with Crippen LogP contribution in [0.25, 0.3) is 0 Å². The minimum absolute atomic E-state index is 0.160. The number of amides is 1. The Morgan fingerprint density at radius 1 is 1.03 bits per heavy atom. The number of benzene rings is 2. The SMILES string of the molecule is COCCOc1ccccc1C(=O)NC(=S)NCc1cc(OC)c(OC)cc1Cl. The van der Waals surface area contributed by atoms with Crippen LogP contribution in [0.15, 0.2) is 36.4 Å². The predicted molar refractivity (Wildman–Crippen MR) is 115 cm³/mol. The Kier molecular flexibility index (Phi) is 8.98. The molecular formula is C20H23ClN2O5S. The third kappa shape index (κ3) is 6.49. The van der Waals surface area contributed by atoms with Crippen LogP contribution < -0.4 is 24.8 Å². The predicted octanol–water partition coefficient (Wildman–Crippen LogP) is 3.19. The van der Waals surface area contributed by atoms with Gasteiger partial charge in [-0.15, -0.1) is 0 Å². The topological polar surface area (TPSA) is 78.1 Å². The highest BCUT2D eigenvalue weighted by Gasteiger charge is 2.14. The van der Waals surface area contributed by atoms with Crippen LogP contribution in [0.1, 0.15) is 15.9 Å². The summed E-state index contributed by atoms with van der Waals surface area (Å²) in [5.41, 5.74) is 1.11. The zero-order chi connectivity index (χ0) is 21.2. The third-order valence-electron chi connectivity index (χ3n) is 3.90. The van der Waals surface area contributed by atoms with Gasteiger partial charge in [0.2, 0.25) is 0 Å². The molecule has 156 valence electrons. The zero-order valence-corrected chi connectivity index (χ0v) is 18.0. The van der Waals surface area contributed by atoms with Crippen molar-refractivity contribution in [1.29, 1.82) is 0 Å². The van der Waals surface area contributed by atoms with Crippen molar-refractivity contribution in [3.8, 4) is 17.2 Å². The van der Waals surface area contributed by atoms with E-state index in [1.165, 1.54) is 7.11 Å². The van der Waals surface area contributed by atoms with Crippen LogP contribution in [0.3, 0.4) is 0 Å². The summed E-state index contributed by atoms with van der Waals surface area (Å²) in [7, 11) is 4.66. The molecule has 0 aliphatic carbocycles. The number of ether oxygens (including phenoxy) is 4. The van der Waals surface area contributed by atoms with E-state index in [1.807, 2.05) is 0 Å². The number of hydrogen-bond donors (Lipinski definition) is 2. The van der Waals surface area contributed by atoms with Crippen molar-refractivity contribution in [2.24, 2.45) is 0 Å². The van der Waals surface area contributed by atoms with Crippen LogP contribution >= 0.6 is 23.8 Å². The summed E-state index contributed by atoms with van der Waals surface area (Å²) in [6.07, 6.45) is 0. The molecule has 0 radical (unpaired) electrons. The van der Waals surface area contributed by atoms with Crippen molar-refractivity contribution in [2.45, 2.75) is 6.54 Å². The van der Waals surface area contributed by atoms with Crippen molar-refractivity contribution in [3.63, 3.8) is 0 Å². The first-order valence-corrected chi connectivity index (χ1v) is 9.49. The largest absolute Gasteiger partial charge is 0.493 e. The first-order valence-electron chi connectivity index (χ1n) is 8.70. The number of nitrogens with one attached hydrogen (secondary N) is 2. The van der Waals surface area contributed by atoms with Crippen molar-refractivity contribution in [1.82, 2.24) is 10.6 Å². The molecule has 9 heteroatoms. The molecule has 0 saturated carbocycles. The molecule has 0 fully saturated rings. The number of halogens is 1. The van der Waals surface area contributed by atoms with Gasteiger partial charge in [0.1, 0.15) is 12.4 Å². The molecular weight excluding hydrogens is 416 g/mol. The van der Waals surface area contributed by atoms with Gasteiger partial charge in [0.25, 0.3) is 5.91 Å². The Labute approximate surface area is 180 Å². The van der Waals surface area contributed by atoms with Gasteiger partial charge in [0, 0.05) is 24.7 Å². The molecule has 2 aromatic rings. The number of rotatable bonds is 9. The molecule has 7 nitrogen and oxygen atoms in total. The maximum Gasteiger partial charge on any atom is 0.261 e. The Bertz CT molecular complexity index is 863. The second-order valence-electron chi connectivity index (χ2n) is 5.77. The van der Waals surface area contributed by atoms with E-state index >= 15 is 0 Å². The van der Waals surface area contributed by atoms with E-state index in [1.54, 1.807) is 50.6 Å². The summed E-state index contributed by atoms with van der Waals surface area (Å²) < 4.78 is 21.0. The highest BCUT2D eigenvalue weighted by molar-refractivity contribution is 7.80. The van der Waals surface area contributed by atoms with Gasteiger partial charge < -0.3 is 24.3 Å². The highest BCUT2D eigenvalue weighted by atomic mass is 35.5. The molecule has 2 rings (SSSR count). The fourth-order valence-electron chi connectivity index (χ4n) is 2.44. The summed E-state index contributed by atoms with van der Waals surface area (Å²) in [5, 5.41) is 6.24. The van der Waals surface area contributed by atoms with Gasteiger partial charge in [-0.05, 0) is 36.0 Å². The molecule has 0 heterocycles. The molecule has 0 aromatic heterocycles. The second kappa shape index (κ2) is 11.5. The zero-order valence-electron chi connectivity index (χ0n) is 16.4. The molecule has 29 heavy (non-hydrogen) atoms. The molecule has 0 atom stereocenters. The fourth-order valence-corrected chi connectivity index (χ4v) is 2.82. The van der Waals surface area contributed by atoms with Crippen molar-refractivity contribution in [3.05, 3.63) is 52.5 Å². The quantitative estimate of drug-likeness (QED) is 0.460. The second-order valence-corrected chi connectivity index (χ2v) is 6.59. The number of hydrogen-bond acceptors (Lipinski definition) is 6. The molecule has 0 spiro atoms. The Morgan fingerprint density at radius 2 is 1.72 bits per heavy atom. The summed E-state index contributed by atoms with van der Waals surface area (Å²) in [6, 6.07) is 10.3. The molecule has 0 aliphatic rings. The molecule has 0 saturated heterocycles. The summed E-state index contributed by atoms with van der Waals surface area (Å²) in [6.45, 7) is 1.05. The maximum atomic E-state index is 12.6. The van der Waals surface area contributed by atoms with Crippen LogP contribution in [0.2, 0.25) is 5.02 Å². The lowest BCUT2D eigenvalue weighted by Gasteiger charge is -2.14. The van der Waals surface area contributed by atoms with Gasteiger partial charge in [-0.3, -0.25) is 10.1 Å². The van der Waals surface area contributed by atoms with E-state index in [2.05, 4.69) is 10.6 Å². The molecule has 2 N–H and O–H groups in total. The van der Waals surface area contributed by atoms with Crippen LogP contribution in [-0.4, -0.2) is 45.6 Å². The lowest BCUT2D eigenvalue weighted by atomic mass is 10.2. The van der Waals surface area contributed by atoms with E-state index in [0.717, 1.165) is 5.56 Å². The van der Waals surface area contributed by atoms with E-state index in [-0.39, 0.29) is 11.0 Å². The van der Waals surface area contributed by atoms with E-state index in [9.17, 15) is 4.79 Å². The van der Waals surface area contributed by atoms with Crippen molar-refractivity contribution >= 4 is 34.8 Å². The number of carbonyl (C=O) groups is 1. The fraction of sp³-hybridized carbons (Fsp3) is 0.300. The average Bonchev–Trinajstić information content (AvgIpc) is 2.73. The van der Waals surface area contributed by atoms with Crippen molar-refractivity contribution < 1.29 is 23.7 Å². The Hall–Kier alpha value is -2.55. The lowest BCUT2D eigenvalue weighted by Crippen LogP contribution is -2.39. The van der Waals surface area contributed by atoms with Crippen LogP contribution in [0.4, 0.5) is 0 Å². The summed E-state index contributed by atoms with van der Waals surface area (Å²) >= 11 is 11.5. The van der Waals surface area contributed by atoms with Gasteiger partial charge in [0.15, 0.2) is 16.6 Å². The maximum absolute atomic E-state index is 12.6. The average molecular weight is 439 g/mol. The first-order chi connectivity index (χ1) is 14.0. The number of para-hydroxylation sites is 1. The standard InChI is InChI=1S/C20H23ClN2O5S/c1-25-8-9-28-16-7-5-4-6-14(16)19(24)23-20(29)22-12-13-10-17(26-2)18(27-3)11-15(13)21/h4-7,10-11H,8-9,12H2,1-3H3,(H2,22,23,24,29). The van der Waals surface area contributed by atoms with Gasteiger partial charge in [-0.25, -0.2) is 0 Å².